The molecule has 3 aromatic heterocycles. The first-order chi connectivity index (χ1) is 15.8. The lowest BCUT2D eigenvalue weighted by molar-refractivity contribution is 0.316. The third kappa shape index (κ3) is 3.37. The van der Waals surface area contributed by atoms with E-state index in [9.17, 15) is 0 Å². The van der Waals surface area contributed by atoms with Gasteiger partial charge in [-0.15, -0.1) is 0 Å². The maximum absolute atomic E-state index is 6.05. The van der Waals surface area contributed by atoms with Gasteiger partial charge in [-0.3, -0.25) is 4.98 Å². The van der Waals surface area contributed by atoms with Gasteiger partial charge in [0.15, 0.2) is 0 Å². The normalized spacial score (nSPS) is 17.8. The largest absolute Gasteiger partial charge is 0.439 e. The fourth-order valence-corrected chi connectivity index (χ4v) is 4.93. The molecule has 0 atom stereocenters. The number of nitrogens with zero attached hydrogens (tertiary/aromatic N) is 5. The smallest absolute Gasteiger partial charge is 0.219 e. The summed E-state index contributed by atoms with van der Waals surface area (Å²) in [6, 6.07) is 13.9. The molecule has 2 aliphatic rings. The Bertz CT molecular complexity index is 1220. The van der Waals surface area contributed by atoms with Crippen LogP contribution in [0.15, 0.2) is 67.3 Å². The van der Waals surface area contributed by atoms with Gasteiger partial charge in [0.05, 0.1) is 34.8 Å². The van der Waals surface area contributed by atoms with E-state index in [1.54, 1.807) is 12.4 Å². The van der Waals surface area contributed by atoms with Crippen LogP contribution in [0, 0.1) is 0 Å². The van der Waals surface area contributed by atoms with Crippen LogP contribution in [0.25, 0.3) is 16.6 Å². The van der Waals surface area contributed by atoms with Gasteiger partial charge in [-0.2, -0.15) is 5.10 Å². The summed E-state index contributed by atoms with van der Waals surface area (Å²) < 4.78 is 7.95. The van der Waals surface area contributed by atoms with Gasteiger partial charge in [0, 0.05) is 50.1 Å². The Balaban J connectivity index is 1.21. The van der Waals surface area contributed by atoms with E-state index in [1.807, 2.05) is 53.5 Å². The highest BCUT2D eigenvalue weighted by molar-refractivity contribution is 5.81. The van der Waals surface area contributed by atoms with Crippen LogP contribution in [0.4, 0.5) is 5.69 Å². The van der Waals surface area contributed by atoms with Crippen LogP contribution in [-0.4, -0.2) is 51.6 Å². The predicted molar refractivity (Wildman–Crippen MR) is 123 cm³/mol. The molecule has 0 bridgehead atoms. The molecule has 5 heterocycles. The summed E-state index contributed by atoms with van der Waals surface area (Å²) in [5, 5.41) is 12.5. The second-order valence-electron chi connectivity index (χ2n) is 8.45. The maximum Gasteiger partial charge on any atom is 0.219 e. The summed E-state index contributed by atoms with van der Waals surface area (Å²) in [7, 11) is 0. The van der Waals surface area contributed by atoms with Crippen LogP contribution < -0.4 is 20.3 Å². The fraction of sp³-hybridized carbons (Fsp3) is 0.292. The zero-order chi connectivity index (χ0) is 21.4. The van der Waals surface area contributed by atoms with Crippen molar-refractivity contribution in [1.82, 2.24) is 30.4 Å². The SMILES string of the molecule is c1cc(-n2ncc3cc(Oc4ccc(N5CCCC56CNCNC6)cn4)ccc32)ccn1. The number of ether oxygens (including phenoxy) is 1. The number of pyridine rings is 2. The highest BCUT2D eigenvalue weighted by Gasteiger charge is 2.42. The number of fused-ring (bicyclic) bond motifs is 1. The minimum Gasteiger partial charge on any atom is -0.439 e. The maximum atomic E-state index is 6.05. The molecule has 1 spiro atoms. The minimum atomic E-state index is 0.141. The Morgan fingerprint density at radius 1 is 0.938 bits per heavy atom. The summed E-state index contributed by atoms with van der Waals surface area (Å²) >= 11 is 0. The molecule has 0 unspecified atom stereocenters. The lowest BCUT2D eigenvalue weighted by atomic mass is 9.94. The highest BCUT2D eigenvalue weighted by Crippen LogP contribution is 2.35. The monoisotopic (exact) mass is 427 g/mol. The molecule has 8 heteroatoms. The van der Waals surface area contributed by atoms with E-state index in [4.69, 9.17) is 4.74 Å². The van der Waals surface area contributed by atoms with Gasteiger partial charge in [0.2, 0.25) is 5.88 Å². The molecule has 162 valence electrons. The molecular weight excluding hydrogens is 402 g/mol. The number of anilines is 1. The van der Waals surface area contributed by atoms with Crippen LogP contribution in [0.5, 0.6) is 11.6 Å². The number of rotatable bonds is 4. The summed E-state index contributed by atoms with van der Waals surface area (Å²) in [5.74, 6) is 1.33. The first-order valence-corrected chi connectivity index (χ1v) is 11.0. The van der Waals surface area contributed by atoms with Crippen LogP contribution in [0.1, 0.15) is 12.8 Å². The van der Waals surface area contributed by atoms with Crippen LogP contribution in [0.3, 0.4) is 0 Å². The van der Waals surface area contributed by atoms with Crippen molar-refractivity contribution < 1.29 is 4.74 Å². The van der Waals surface area contributed by atoms with Gasteiger partial charge >= 0.3 is 0 Å². The Hall–Kier alpha value is -3.49. The van der Waals surface area contributed by atoms with Gasteiger partial charge in [-0.1, -0.05) is 0 Å². The molecular formula is C24H25N7O. The van der Waals surface area contributed by atoms with E-state index >= 15 is 0 Å². The number of hydrogen-bond acceptors (Lipinski definition) is 7. The van der Waals surface area contributed by atoms with Crippen molar-refractivity contribution in [2.24, 2.45) is 0 Å². The van der Waals surface area contributed by atoms with Crippen LogP contribution in [-0.2, 0) is 0 Å². The average molecular weight is 428 g/mol. The third-order valence-electron chi connectivity index (χ3n) is 6.46. The number of hydrogen-bond donors (Lipinski definition) is 2. The van der Waals surface area contributed by atoms with E-state index < -0.39 is 0 Å². The molecule has 6 rings (SSSR count). The first-order valence-electron chi connectivity index (χ1n) is 11.0. The van der Waals surface area contributed by atoms with E-state index in [1.165, 1.54) is 12.8 Å². The van der Waals surface area contributed by atoms with Crippen molar-refractivity contribution in [3.8, 4) is 17.3 Å². The molecule has 0 saturated carbocycles. The number of nitrogens with one attached hydrogen (secondary N) is 2. The van der Waals surface area contributed by atoms with Gasteiger partial charge in [-0.05, 0) is 49.2 Å². The van der Waals surface area contributed by atoms with Crippen molar-refractivity contribution in [2.45, 2.75) is 18.4 Å². The van der Waals surface area contributed by atoms with E-state index in [0.29, 0.717) is 5.88 Å². The average Bonchev–Trinajstić information content (AvgIpc) is 3.45. The molecule has 2 saturated heterocycles. The van der Waals surface area contributed by atoms with Gasteiger partial charge in [-0.25, -0.2) is 9.67 Å². The first kappa shape index (κ1) is 19.2. The molecule has 2 fully saturated rings. The minimum absolute atomic E-state index is 0.141. The lowest BCUT2D eigenvalue weighted by Crippen LogP contribution is -2.62. The van der Waals surface area contributed by atoms with Crippen LogP contribution in [0.2, 0.25) is 0 Å². The van der Waals surface area contributed by atoms with Gasteiger partial charge < -0.3 is 20.3 Å². The van der Waals surface area contributed by atoms with E-state index in [-0.39, 0.29) is 5.54 Å². The Kier molecular flexibility index (Phi) is 4.74. The summed E-state index contributed by atoms with van der Waals surface area (Å²) in [6.45, 7) is 3.95. The number of benzene rings is 1. The fourth-order valence-electron chi connectivity index (χ4n) is 4.93. The Morgan fingerprint density at radius 3 is 2.62 bits per heavy atom. The third-order valence-corrected chi connectivity index (χ3v) is 6.46. The Labute approximate surface area is 186 Å². The van der Waals surface area contributed by atoms with Crippen molar-refractivity contribution in [3.63, 3.8) is 0 Å². The zero-order valence-electron chi connectivity index (χ0n) is 17.7. The molecule has 0 aliphatic carbocycles. The van der Waals surface area contributed by atoms with Crippen molar-refractivity contribution in [3.05, 3.63) is 67.3 Å². The van der Waals surface area contributed by atoms with Gasteiger partial charge in [0.1, 0.15) is 5.75 Å². The quantitative estimate of drug-likeness (QED) is 0.518. The molecule has 8 nitrogen and oxygen atoms in total. The topological polar surface area (TPSA) is 80.1 Å². The highest BCUT2D eigenvalue weighted by atomic mass is 16.5. The summed E-state index contributed by atoms with van der Waals surface area (Å²) in [4.78, 5) is 11.2. The zero-order valence-corrected chi connectivity index (χ0v) is 17.7. The Morgan fingerprint density at radius 2 is 1.81 bits per heavy atom. The molecule has 0 radical (unpaired) electrons. The number of aromatic nitrogens is 4. The van der Waals surface area contributed by atoms with Crippen LogP contribution >= 0.6 is 0 Å². The van der Waals surface area contributed by atoms with Crippen molar-refractivity contribution in [1.29, 1.82) is 0 Å². The second kappa shape index (κ2) is 7.89. The van der Waals surface area contributed by atoms with E-state index in [0.717, 1.165) is 54.3 Å². The summed E-state index contributed by atoms with van der Waals surface area (Å²) in [6.07, 6.45) is 9.70. The standard InChI is InChI=1S/C24H25N7O/c1-8-24(15-26-17-27-16-24)30(11-1)20-2-5-23(28-14-20)32-21-3-4-22-18(12-21)13-29-31(22)19-6-9-25-10-7-19/h2-7,9-10,12-14,26-27H,1,8,11,15-17H2. The molecule has 1 aromatic carbocycles. The van der Waals surface area contributed by atoms with Crippen molar-refractivity contribution >= 4 is 16.6 Å². The van der Waals surface area contributed by atoms with Crippen molar-refractivity contribution in [2.75, 3.05) is 31.2 Å². The molecule has 2 N–H and O–H groups in total. The molecule has 2 aliphatic heterocycles. The lowest BCUT2D eigenvalue weighted by Gasteiger charge is -2.43. The second-order valence-corrected chi connectivity index (χ2v) is 8.45. The molecule has 0 amide bonds. The van der Waals surface area contributed by atoms with Gasteiger partial charge in [0.25, 0.3) is 0 Å². The summed E-state index contributed by atoms with van der Waals surface area (Å²) in [5.41, 5.74) is 3.28. The predicted octanol–water partition coefficient (Wildman–Crippen LogP) is 3.10. The molecule has 4 aromatic rings. The van der Waals surface area contributed by atoms with E-state index in [2.05, 4.69) is 36.7 Å². The molecule has 32 heavy (non-hydrogen) atoms.